The number of hydrogen-bond acceptors (Lipinski definition) is 6. The number of likely N-dealkylation sites (N-methyl/N-ethyl adjacent to an activating group) is 1. The SMILES string of the molecule is COc1ccc(CCc2ccccc2OC[C@@H](CN(C)C)OC(=O)c2ccc(C(C)=O)cc2)cc1. The molecule has 0 spiro atoms. The van der Waals surface area contributed by atoms with Gasteiger partial charge in [0.05, 0.1) is 12.7 Å². The van der Waals surface area contributed by atoms with Crippen LogP contribution in [0.25, 0.3) is 0 Å². The summed E-state index contributed by atoms with van der Waals surface area (Å²) in [6.07, 6.45) is 1.24. The molecule has 0 amide bonds. The van der Waals surface area contributed by atoms with E-state index >= 15 is 0 Å². The molecule has 6 nitrogen and oxygen atoms in total. The molecular formula is C29H33NO5. The Morgan fingerprint density at radius 2 is 1.51 bits per heavy atom. The molecule has 0 radical (unpaired) electrons. The molecule has 0 saturated carbocycles. The van der Waals surface area contributed by atoms with Crippen LogP contribution in [-0.2, 0) is 17.6 Å². The minimum Gasteiger partial charge on any atom is -0.497 e. The van der Waals surface area contributed by atoms with Crippen molar-refractivity contribution in [1.29, 1.82) is 0 Å². The molecule has 0 aromatic heterocycles. The first-order valence-electron chi connectivity index (χ1n) is 11.7. The van der Waals surface area contributed by atoms with E-state index in [1.165, 1.54) is 12.5 Å². The largest absolute Gasteiger partial charge is 0.497 e. The Morgan fingerprint density at radius 3 is 2.14 bits per heavy atom. The first-order valence-corrected chi connectivity index (χ1v) is 11.7. The standard InChI is InChI=1S/C29H33NO5/c1-21(31)23-13-15-25(16-14-23)29(32)35-27(19-30(2)3)20-34-28-8-6-5-7-24(28)12-9-22-10-17-26(33-4)18-11-22/h5-8,10-11,13-18,27H,9,12,19-20H2,1-4H3/t27-/m1/s1. The van der Waals surface area contributed by atoms with Crippen molar-refractivity contribution < 1.29 is 23.8 Å². The fourth-order valence-corrected chi connectivity index (χ4v) is 3.70. The molecule has 3 aromatic carbocycles. The third kappa shape index (κ3) is 7.97. The maximum Gasteiger partial charge on any atom is 0.338 e. The van der Waals surface area contributed by atoms with E-state index in [0.29, 0.717) is 17.7 Å². The highest BCUT2D eigenvalue weighted by Gasteiger charge is 2.19. The Morgan fingerprint density at radius 1 is 0.857 bits per heavy atom. The number of ketones is 1. The van der Waals surface area contributed by atoms with Crippen molar-refractivity contribution in [3.05, 3.63) is 95.1 Å². The lowest BCUT2D eigenvalue weighted by molar-refractivity contribution is 0.0103. The maximum atomic E-state index is 12.7. The Balaban J connectivity index is 1.63. The van der Waals surface area contributed by atoms with E-state index in [1.807, 2.05) is 49.3 Å². The number of carbonyl (C=O) groups excluding carboxylic acids is 2. The van der Waals surface area contributed by atoms with Crippen LogP contribution in [0.1, 0.15) is 38.8 Å². The molecule has 35 heavy (non-hydrogen) atoms. The molecule has 0 fully saturated rings. The minimum atomic E-state index is -0.459. The summed E-state index contributed by atoms with van der Waals surface area (Å²) < 4.78 is 17.1. The number of methoxy groups -OCH3 is 1. The normalized spacial score (nSPS) is 11.7. The van der Waals surface area contributed by atoms with Gasteiger partial charge in [-0.05, 0) is 75.3 Å². The van der Waals surface area contributed by atoms with E-state index in [0.717, 1.165) is 29.9 Å². The first-order chi connectivity index (χ1) is 16.9. The van der Waals surface area contributed by atoms with Crippen molar-refractivity contribution in [1.82, 2.24) is 4.90 Å². The summed E-state index contributed by atoms with van der Waals surface area (Å²) in [6, 6.07) is 22.5. The van der Waals surface area contributed by atoms with E-state index < -0.39 is 12.1 Å². The van der Waals surface area contributed by atoms with Gasteiger partial charge in [-0.15, -0.1) is 0 Å². The average molecular weight is 476 g/mol. The molecule has 0 bridgehead atoms. The van der Waals surface area contributed by atoms with Gasteiger partial charge in [0.15, 0.2) is 5.78 Å². The lowest BCUT2D eigenvalue weighted by Gasteiger charge is -2.22. The number of benzene rings is 3. The number of esters is 1. The number of para-hydroxylation sites is 1. The molecular weight excluding hydrogens is 442 g/mol. The zero-order chi connectivity index (χ0) is 25.2. The highest BCUT2D eigenvalue weighted by atomic mass is 16.6. The highest BCUT2D eigenvalue weighted by molar-refractivity contribution is 5.96. The van der Waals surface area contributed by atoms with Crippen molar-refractivity contribution in [3.63, 3.8) is 0 Å². The number of ether oxygens (including phenoxy) is 3. The van der Waals surface area contributed by atoms with E-state index in [-0.39, 0.29) is 12.4 Å². The second-order valence-corrected chi connectivity index (χ2v) is 8.69. The Kier molecular flexibility index (Phi) is 9.44. The van der Waals surface area contributed by atoms with Gasteiger partial charge in [0.2, 0.25) is 0 Å². The number of nitrogens with zero attached hydrogens (tertiary/aromatic N) is 1. The summed E-state index contributed by atoms with van der Waals surface area (Å²) in [5.41, 5.74) is 3.27. The fraction of sp³-hybridized carbons (Fsp3) is 0.310. The Labute approximate surface area is 207 Å². The minimum absolute atomic E-state index is 0.0468. The van der Waals surface area contributed by atoms with Gasteiger partial charge in [0, 0.05) is 12.1 Å². The van der Waals surface area contributed by atoms with Crippen LogP contribution in [0.4, 0.5) is 0 Å². The number of carbonyl (C=O) groups is 2. The van der Waals surface area contributed by atoms with Crippen molar-refractivity contribution in [2.75, 3.05) is 34.4 Å². The summed E-state index contributed by atoms with van der Waals surface area (Å²) in [4.78, 5) is 26.1. The van der Waals surface area contributed by atoms with Gasteiger partial charge in [0.25, 0.3) is 0 Å². The Hall–Kier alpha value is -3.64. The van der Waals surface area contributed by atoms with Crippen molar-refractivity contribution >= 4 is 11.8 Å². The molecule has 6 heteroatoms. The summed E-state index contributed by atoms with van der Waals surface area (Å²) in [5, 5.41) is 0. The summed E-state index contributed by atoms with van der Waals surface area (Å²) in [5.74, 6) is 1.14. The smallest absolute Gasteiger partial charge is 0.338 e. The number of rotatable bonds is 12. The molecule has 3 aromatic rings. The third-order valence-corrected chi connectivity index (χ3v) is 5.61. The first kappa shape index (κ1) is 26.0. The van der Waals surface area contributed by atoms with E-state index in [4.69, 9.17) is 14.2 Å². The second-order valence-electron chi connectivity index (χ2n) is 8.69. The highest BCUT2D eigenvalue weighted by Crippen LogP contribution is 2.22. The van der Waals surface area contributed by atoms with E-state index in [1.54, 1.807) is 31.4 Å². The predicted molar refractivity (Wildman–Crippen MR) is 137 cm³/mol. The second kappa shape index (κ2) is 12.7. The number of Topliss-reactive ketones (excluding diaryl/α,β-unsaturated/α-hetero) is 1. The number of aryl methyl sites for hydroxylation is 2. The lowest BCUT2D eigenvalue weighted by atomic mass is 10.0. The van der Waals surface area contributed by atoms with Crippen LogP contribution < -0.4 is 9.47 Å². The van der Waals surface area contributed by atoms with Crippen LogP contribution >= 0.6 is 0 Å². The predicted octanol–water partition coefficient (Wildman–Crippen LogP) is 4.85. The van der Waals surface area contributed by atoms with Crippen molar-refractivity contribution in [3.8, 4) is 11.5 Å². The maximum absolute atomic E-state index is 12.7. The van der Waals surface area contributed by atoms with Crippen LogP contribution in [0.15, 0.2) is 72.8 Å². The third-order valence-electron chi connectivity index (χ3n) is 5.61. The zero-order valence-corrected chi connectivity index (χ0v) is 20.8. The molecule has 3 rings (SSSR count). The van der Waals surface area contributed by atoms with Crippen LogP contribution in [0.5, 0.6) is 11.5 Å². The average Bonchev–Trinajstić information content (AvgIpc) is 2.86. The van der Waals surface area contributed by atoms with Gasteiger partial charge >= 0.3 is 5.97 Å². The van der Waals surface area contributed by atoms with Gasteiger partial charge < -0.3 is 19.1 Å². The zero-order valence-electron chi connectivity index (χ0n) is 20.8. The van der Waals surface area contributed by atoms with Gasteiger partial charge in [-0.2, -0.15) is 0 Å². The molecule has 0 unspecified atom stereocenters. The van der Waals surface area contributed by atoms with Gasteiger partial charge in [-0.1, -0.05) is 42.5 Å². The fourth-order valence-electron chi connectivity index (χ4n) is 3.70. The summed E-state index contributed by atoms with van der Waals surface area (Å²) >= 11 is 0. The number of hydrogen-bond donors (Lipinski definition) is 0. The molecule has 0 heterocycles. The summed E-state index contributed by atoms with van der Waals surface area (Å²) in [7, 11) is 5.50. The molecule has 1 atom stereocenters. The molecule has 0 aliphatic carbocycles. The van der Waals surface area contributed by atoms with Gasteiger partial charge in [0.1, 0.15) is 24.2 Å². The van der Waals surface area contributed by atoms with E-state index in [2.05, 4.69) is 18.2 Å². The van der Waals surface area contributed by atoms with Gasteiger partial charge in [-0.25, -0.2) is 4.79 Å². The van der Waals surface area contributed by atoms with E-state index in [9.17, 15) is 9.59 Å². The van der Waals surface area contributed by atoms with Crippen LogP contribution in [0.2, 0.25) is 0 Å². The monoisotopic (exact) mass is 475 g/mol. The molecule has 0 N–H and O–H groups in total. The quantitative estimate of drug-likeness (QED) is 0.276. The Bertz CT molecular complexity index is 1110. The molecule has 0 aliphatic rings. The van der Waals surface area contributed by atoms with Gasteiger partial charge in [-0.3, -0.25) is 4.79 Å². The van der Waals surface area contributed by atoms with Crippen molar-refractivity contribution in [2.45, 2.75) is 25.9 Å². The van der Waals surface area contributed by atoms with Crippen LogP contribution in [-0.4, -0.2) is 57.1 Å². The summed E-state index contributed by atoms with van der Waals surface area (Å²) in [6.45, 7) is 2.24. The topological polar surface area (TPSA) is 65.1 Å². The lowest BCUT2D eigenvalue weighted by Crippen LogP contribution is -2.35. The molecule has 0 aliphatic heterocycles. The van der Waals surface area contributed by atoms with Crippen molar-refractivity contribution in [2.24, 2.45) is 0 Å². The molecule has 184 valence electrons. The van der Waals surface area contributed by atoms with Crippen LogP contribution in [0, 0.1) is 0 Å². The van der Waals surface area contributed by atoms with Crippen LogP contribution in [0.3, 0.4) is 0 Å². The molecule has 0 saturated heterocycles.